The molecule has 0 fully saturated rings. The van der Waals surface area contributed by atoms with Gasteiger partial charge in [0, 0.05) is 6.04 Å². The Bertz CT molecular complexity index is 333. The van der Waals surface area contributed by atoms with Crippen LogP contribution in [-0.2, 0) is 6.42 Å². The van der Waals surface area contributed by atoms with Gasteiger partial charge in [-0.15, -0.1) is 12.4 Å². The number of nitrogens with two attached hydrogens (primary N) is 1. The van der Waals surface area contributed by atoms with Crippen molar-refractivity contribution in [3.63, 3.8) is 0 Å². The van der Waals surface area contributed by atoms with Crippen LogP contribution in [0.4, 0.5) is 0 Å². The fourth-order valence-electron chi connectivity index (χ4n) is 2.21. The summed E-state index contributed by atoms with van der Waals surface area (Å²) in [6, 6.07) is 7.10. The molecule has 0 bridgehead atoms. The lowest BCUT2D eigenvalue weighted by Gasteiger charge is -2.23. The number of halogens is 1. The average molecular weight is 226 g/mol. The Morgan fingerprint density at radius 2 is 2.07 bits per heavy atom. The van der Waals surface area contributed by atoms with Gasteiger partial charge >= 0.3 is 0 Å². The molecule has 1 aromatic rings. The Morgan fingerprint density at radius 1 is 1.33 bits per heavy atom. The molecule has 1 aromatic carbocycles. The minimum absolute atomic E-state index is 0. The smallest absolute Gasteiger partial charge is 0.0297 e. The molecule has 1 atom stereocenters. The third-order valence-corrected chi connectivity index (χ3v) is 3.20. The zero-order valence-electron chi connectivity index (χ0n) is 9.49. The molecule has 0 aromatic heterocycles. The highest BCUT2D eigenvalue weighted by atomic mass is 35.5. The Balaban J connectivity index is 0.00000112. The minimum atomic E-state index is 0. The van der Waals surface area contributed by atoms with Crippen LogP contribution in [-0.4, -0.2) is 0 Å². The molecule has 2 rings (SSSR count). The second-order valence-corrected chi connectivity index (χ2v) is 4.61. The topological polar surface area (TPSA) is 26.0 Å². The van der Waals surface area contributed by atoms with Crippen LogP contribution in [0.25, 0.3) is 0 Å². The summed E-state index contributed by atoms with van der Waals surface area (Å²) in [6.45, 7) is 4.46. The van der Waals surface area contributed by atoms with E-state index in [4.69, 9.17) is 5.73 Å². The Kier molecular flexibility index (Phi) is 4.18. The van der Waals surface area contributed by atoms with Gasteiger partial charge in [-0.25, -0.2) is 0 Å². The molecular weight excluding hydrogens is 206 g/mol. The molecule has 15 heavy (non-hydrogen) atoms. The maximum absolute atomic E-state index is 6.12. The van der Waals surface area contributed by atoms with Gasteiger partial charge in [0.2, 0.25) is 0 Å². The largest absolute Gasteiger partial charge is 0.324 e. The highest BCUT2D eigenvalue weighted by Crippen LogP contribution is 2.30. The second kappa shape index (κ2) is 5.00. The molecule has 2 heteroatoms. The van der Waals surface area contributed by atoms with E-state index in [1.807, 2.05) is 0 Å². The summed E-state index contributed by atoms with van der Waals surface area (Å²) in [5, 5.41) is 0. The lowest BCUT2D eigenvalue weighted by molar-refractivity contribution is 0.569. The molecule has 1 aliphatic carbocycles. The van der Waals surface area contributed by atoms with E-state index in [0.29, 0.717) is 5.92 Å². The average Bonchev–Trinajstić information content (AvgIpc) is 2.18. The van der Waals surface area contributed by atoms with Gasteiger partial charge in [0.25, 0.3) is 0 Å². The van der Waals surface area contributed by atoms with Crippen molar-refractivity contribution in [3.8, 4) is 0 Å². The molecule has 0 spiro atoms. The van der Waals surface area contributed by atoms with Crippen LogP contribution in [0.2, 0.25) is 0 Å². The van der Waals surface area contributed by atoms with Crippen molar-refractivity contribution in [1.82, 2.24) is 0 Å². The highest BCUT2D eigenvalue weighted by molar-refractivity contribution is 5.85. The van der Waals surface area contributed by atoms with Crippen molar-refractivity contribution >= 4 is 12.4 Å². The number of rotatable bonds is 1. The maximum Gasteiger partial charge on any atom is 0.0297 e. The Hall–Kier alpha value is -0.530. The first-order chi connectivity index (χ1) is 6.68. The first-order valence-corrected chi connectivity index (χ1v) is 5.57. The summed E-state index contributed by atoms with van der Waals surface area (Å²) >= 11 is 0. The molecule has 0 saturated heterocycles. The summed E-state index contributed by atoms with van der Waals surface area (Å²) in [5.74, 6) is 0.606. The number of fused-ring (bicyclic) bond motifs is 1. The third kappa shape index (κ3) is 2.53. The normalized spacial score (nSPS) is 19.6. The Labute approximate surface area is 98.5 Å². The van der Waals surface area contributed by atoms with E-state index >= 15 is 0 Å². The molecule has 1 nitrogen and oxygen atoms in total. The summed E-state index contributed by atoms with van der Waals surface area (Å²) < 4.78 is 0. The molecule has 0 saturated carbocycles. The molecule has 0 heterocycles. The molecule has 2 N–H and O–H groups in total. The summed E-state index contributed by atoms with van der Waals surface area (Å²) in [4.78, 5) is 0. The molecule has 84 valence electrons. The SMILES string of the molecule is CC(C)c1ccc2c(c1)C(N)CCC2.Cl. The van der Waals surface area contributed by atoms with Gasteiger partial charge in [0.05, 0.1) is 0 Å². The van der Waals surface area contributed by atoms with E-state index in [0.717, 1.165) is 6.42 Å². The van der Waals surface area contributed by atoms with Crippen LogP contribution in [0.15, 0.2) is 18.2 Å². The zero-order chi connectivity index (χ0) is 10.1. The van der Waals surface area contributed by atoms with Crippen LogP contribution >= 0.6 is 12.4 Å². The van der Waals surface area contributed by atoms with Crippen LogP contribution in [0.1, 0.15) is 55.3 Å². The van der Waals surface area contributed by atoms with E-state index in [2.05, 4.69) is 32.0 Å². The van der Waals surface area contributed by atoms with Crippen molar-refractivity contribution in [3.05, 3.63) is 34.9 Å². The van der Waals surface area contributed by atoms with E-state index in [-0.39, 0.29) is 18.4 Å². The van der Waals surface area contributed by atoms with Crippen molar-refractivity contribution < 1.29 is 0 Å². The lowest BCUT2D eigenvalue weighted by atomic mass is 9.85. The fraction of sp³-hybridized carbons (Fsp3) is 0.538. The summed E-state index contributed by atoms with van der Waals surface area (Å²) in [7, 11) is 0. The van der Waals surface area contributed by atoms with E-state index in [9.17, 15) is 0 Å². The van der Waals surface area contributed by atoms with Crippen LogP contribution < -0.4 is 5.73 Å². The van der Waals surface area contributed by atoms with Crippen LogP contribution in [0.3, 0.4) is 0 Å². The van der Waals surface area contributed by atoms with Crippen LogP contribution in [0.5, 0.6) is 0 Å². The van der Waals surface area contributed by atoms with Gasteiger partial charge in [0.1, 0.15) is 0 Å². The zero-order valence-corrected chi connectivity index (χ0v) is 10.3. The van der Waals surface area contributed by atoms with Gasteiger partial charge in [-0.2, -0.15) is 0 Å². The molecule has 1 unspecified atom stereocenters. The molecule has 0 aliphatic heterocycles. The number of hydrogen-bond acceptors (Lipinski definition) is 1. The molecule has 1 aliphatic rings. The molecule has 0 amide bonds. The quantitative estimate of drug-likeness (QED) is 0.777. The third-order valence-electron chi connectivity index (χ3n) is 3.20. The minimum Gasteiger partial charge on any atom is -0.324 e. The number of hydrogen-bond donors (Lipinski definition) is 1. The van der Waals surface area contributed by atoms with Gasteiger partial charge in [-0.1, -0.05) is 32.0 Å². The van der Waals surface area contributed by atoms with Gasteiger partial charge in [0.15, 0.2) is 0 Å². The van der Waals surface area contributed by atoms with Gasteiger partial charge < -0.3 is 5.73 Å². The number of benzene rings is 1. The highest BCUT2D eigenvalue weighted by Gasteiger charge is 2.17. The van der Waals surface area contributed by atoms with Crippen molar-refractivity contribution in [1.29, 1.82) is 0 Å². The molecular formula is C13H20ClN. The van der Waals surface area contributed by atoms with Crippen molar-refractivity contribution in [2.24, 2.45) is 5.73 Å². The van der Waals surface area contributed by atoms with Crippen molar-refractivity contribution in [2.75, 3.05) is 0 Å². The van der Waals surface area contributed by atoms with E-state index < -0.39 is 0 Å². The summed E-state index contributed by atoms with van der Waals surface area (Å²) in [6.07, 6.45) is 3.60. The predicted octanol–water partition coefficient (Wildman–Crippen LogP) is 3.57. The number of aryl methyl sites for hydroxylation is 1. The predicted molar refractivity (Wildman–Crippen MR) is 67.6 cm³/mol. The van der Waals surface area contributed by atoms with Gasteiger partial charge in [-0.3, -0.25) is 0 Å². The Morgan fingerprint density at radius 3 is 2.73 bits per heavy atom. The fourth-order valence-corrected chi connectivity index (χ4v) is 2.21. The van der Waals surface area contributed by atoms with E-state index in [1.54, 1.807) is 0 Å². The maximum atomic E-state index is 6.12. The van der Waals surface area contributed by atoms with Gasteiger partial charge in [-0.05, 0) is 41.9 Å². The molecule has 0 radical (unpaired) electrons. The first kappa shape index (κ1) is 12.5. The van der Waals surface area contributed by atoms with E-state index in [1.165, 1.54) is 29.5 Å². The van der Waals surface area contributed by atoms with Crippen molar-refractivity contribution in [2.45, 2.75) is 45.1 Å². The second-order valence-electron chi connectivity index (χ2n) is 4.61. The summed E-state index contributed by atoms with van der Waals surface area (Å²) in [5.41, 5.74) is 10.4. The monoisotopic (exact) mass is 225 g/mol. The lowest BCUT2D eigenvalue weighted by Crippen LogP contribution is -2.17. The first-order valence-electron chi connectivity index (χ1n) is 5.57. The standard InChI is InChI=1S/C13H19N.ClH/c1-9(2)11-7-6-10-4-3-5-13(14)12(10)8-11;/h6-9,13H,3-5,14H2,1-2H3;1H. The van der Waals surface area contributed by atoms with Crippen LogP contribution in [0, 0.1) is 0 Å².